The van der Waals surface area contributed by atoms with Gasteiger partial charge in [0.15, 0.2) is 5.82 Å². The predicted molar refractivity (Wildman–Crippen MR) is 69.0 cm³/mol. The van der Waals surface area contributed by atoms with Crippen molar-refractivity contribution >= 4 is 5.91 Å². The summed E-state index contributed by atoms with van der Waals surface area (Å²) < 4.78 is 4.82. The lowest BCUT2D eigenvalue weighted by Gasteiger charge is -2.03. The minimum atomic E-state index is -0.125. The van der Waals surface area contributed by atoms with Crippen molar-refractivity contribution in [2.75, 3.05) is 6.54 Å². The molecule has 0 bridgehead atoms. The second kappa shape index (κ2) is 6.65. The Morgan fingerprint density at radius 1 is 1.32 bits per heavy atom. The minimum Gasteiger partial charge on any atom is -0.355 e. The molecule has 0 aliphatic carbocycles. The van der Waals surface area contributed by atoms with Crippen LogP contribution in [0.3, 0.4) is 0 Å². The Labute approximate surface area is 111 Å². The molecular formula is C13H16N4O2. The maximum atomic E-state index is 11.6. The van der Waals surface area contributed by atoms with Crippen molar-refractivity contribution in [2.45, 2.75) is 19.4 Å². The molecule has 0 unspecified atom stereocenters. The lowest BCUT2D eigenvalue weighted by Crippen LogP contribution is -2.27. The molecule has 0 aliphatic rings. The van der Waals surface area contributed by atoms with Crippen molar-refractivity contribution in [3.8, 4) is 0 Å². The van der Waals surface area contributed by atoms with Crippen molar-refractivity contribution in [2.24, 2.45) is 5.73 Å². The minimum absolute atomic E-state index is 0.109. The Hall–Kier alpha value is -2.21. The number of rotatable bonds is 6. The monoisotopic (exact) mass is 260 g/mol. The second-order valence-corrected chi connectivity index (χ2v) is 4.07. The van der Waals surface area contributed by atoms with Gasteiger partial charge < -0.3 is 15.6 Å². The van der Waals surface area contributed by atoms with Gasteiger partial charge in [0.1, 0.15) is 0 Å². The van der Waals surface area contributed by atoms with Crippen molar-refractivity contribution in [3.05, 3.63) is 47.6 Å². The lowest BCUT2D eigenvalue weighted by molar-refractivity contribution is -0.120. The maximum absolute atomic E-state index is 11.6. The fourth-order valence-corrected chi connectivity index (χ4v) is 1.64. The van der Waals surface area contributed by atoms with Crippen LogP contribution in [0.15, 0.2) is 34.9 Å². The summed E-state index contributed by atoms with van der Waals surface area (Å²) in [7, 11) is 0. The summed E-state index contributed by atoms with van der Waals surface area (Å²) in [5.74, 6) is 0.574. The van der Waals surface area contributed by atoms with Gasteiger partial charge in [-0.2, -0.15) is 4.98 Å². The molecule has 19 heavy (non-hydrogen) atoms. The van der Waals surface area contributed by atoms with Crippen molar-refractivity contribution in [1.29, 1.82) is 0 Å². The third-order valence-electron chi connectivity index (χ3n) is 2.58. The Kier molecular flexibility index (Phi) is 4.63. The summed E-state index contributed by atoms with van der Waals surface area (Å²) in [4.78, 5) is 15.6. The van der Waals surface area contributed by atoms with E-state index in [2.05, 4.69) is 15.5 Å². The van der Waals surface area contributed by atoms with E-state index in [4.69, 9.17) is 10.3 Å². The molecule has 1 heterocycles. The molecule has 0 saturated heterocycles. The highest BCUT2D eigenvalue weighted by molar-refractivity contribution is 5.77. The van der Waals surface area contributed by atoms with Gasteiger partial charge in [-0.25, -0.2) is 0 Å². The molecule has 0 atom stereocenters. The highest BCUT2D eigenvalue weighted by atomic mass is 16.5. The van der Waals surface area contributed by atoms with E-state index in [1.54, 1.807) is 0 Å². The number of hydrogen-bond acceptors (Lipinski definition) is 5. The highest BCUT2D eigenvalue weighted by Crippen LogP contribution is 1.99. The van der Waals surface area contributed by atoms with E-state index < -0.39 is 0 Å². The molecule has 3 N–H and O–H groups in total. The first-order valence-electron chi connectivity index (χ1n) is 6.10. The van der Waals surface area contributed by atoms with Gasteiger partial charge in [-0.15, -0.1) is 0 Å². The smallest absolute Gasteiger partial charge is 0.240 e. The number of hydrogen-bond donors (Lipinski definition) is 2. The molecule has 1 aromatic heterocycles. The van der Waals surface area contributed by atoms with E-state index in [9.17, 15) is 4.79 Å². The molecule has 0 saturated carbocycles. The Morgan fingerprint density at radius 2 is 2.11 bits per heavy atom. The van der Waals surface area contributed by atoms with Crippen LogP contribution < -0.4 is 11.1 Å². The first kappa shape index (κ1) is 13.2. The van der Waals surface area contributed by atoms with E-state index in [0.717, 1.165) is 6.42 Å². The molecule has 100 valence electrons. The van der Waals surface area contributed by atoms with Gasteiger partial charge in [0.05, 0.1) is 13.0 Å². The zero-order chi connectivity index (χ0) is 13.5. The van der Waals surface area contributed by atoms with Crippen LogP contribution in [0.2, 0.25) is 0 Å². The average molecular weight is 260 g/mol. The summed E-state index contributed by atoms with van der Waals surface area (Å²) >= 11 is 0. The Bertz CT molecular complexity index is 524. The first-order valence-corrected chi connectivity index (χ1v) is 6.10. The largest absolute Gasteiger partial charge is 0.355 e. The Balaban J connectivity index is 1.73. The van der Waals surface area contributed by atoms with Crippen molar-refractivity contribution in [3.63, 3.8) is 0 Å². The molecule has 2 rings (SSSR count). The quantitative estimate of drug-likeness (QED) is 0.785. The topological polar surface area (TPSA) is 94.0 Å². The van der Waals surface area contributed by atoms with Crippen LogP contribution in [-0.4, -0.2) is 22.6 Å². The van der Waals surface area contributed by atoms with Gasteiger partial charge in [-0.1, -0.05) is 35.5 Å². The molecule has 0 radical (unpaired) electrons. The van der Waals surface area contributed by atoms with Crippen molar-refractivity contribution in [1.82, 2.24) is 15.5 Å². The summed E-state index contributed by atoms with van der Waals surface area (Å²) in [6, 6.07) is 9.97. The van der Waals surface area contributed by atoms with Crippen LogP contribution in [0, 0.1) is 0 Å². The third-order valence-corrected chi connectivity index (χ3v) is 2.58. The predicted octanol–water partition coefficient (Wildman–Crippen LogP) is 0.430. The van der Waals surface area contributed by atoms with Crippen LogP contribution in [0.25, 0.3) is 0 Å². The van der Waals surface area contributed by atoms with E-state index in [0.29, 0.717) is 18.3 Å². The van der Waals surface area contributed by atoms with Crippen LogP contribution in [0.1, 0.15) is 17.3 Å². The fraction of sp³-hybridized carbons (Fsp3) is 0.308. The van der Waals surface area contributed by atoms with Gasteiger partial charge in [0.2, 0.25) is 11.8 Å². The number of carbonyl (C=O) groups is 1. The highest BCUT2D eigenvalue weighted by Gasteiger charge is 2.09. The van der Waals surface area contributed by atoms with Gasteiger partial charge in [0.25, 0.3) is 0 Å². The second-order valence-electron chi connectivity index (χ2n) is 4.07. The summed E-state index contributed by atoms with van der Waals surface area (Å²) in [6.07, 6.45) is 0.908. The molecule has 1 amide bonds. The molecule has 6 nitrogen and oxygen atoms in total. The molecule has 0 spiro atoms. The number of aromatic nitrogens is 2. The number of nitrogens with zero attached hydrogens (tertiary/aromatic N) is 2. The van der Waals surface area contributed by atoms with Crippen LogP contribution in [0.5, 0.6) is 0 Å². The van der Waals surface area contributed by atoms with E-state index in [1.807, 2.05) is 30.3 Å². The molecular weight excluding hydrogens is 244 g/mol. The SMILES string of the molecule is NCc1nc(CC(=O)NCCc2ccccc2)no1. The van der Waals surface area contributed by atoms with Gasteiger partial charge >= 0.3 is 0 Å². The van der Waals surface area contributed by atoms with E-state index in [1.165, 1.54) is 5.56 Å². The van der Waals surface area contributed by atoms with E-state index >= 15 is 0 Å². The summed E-state index contributed by atoms with van der Waals surface area (Å²) in [5, 5.41) is 6.48. The van der Waals surface area contributed by atoms with Crippen LogP contribution in [-0.2, 0) is 24.2 Å². The third kappa shape index (κ3) is 4.18. The number of carbonyl (C=O) groups excluding carboxylic acids is 1. The van der Waals surface area contributed by atoms with E-state index in [-0.39, 0.29) is 18.9 Å². The number of nitrogens with one attached hydrogen (secondary N) is 1. The molecule has 6 heteroatoms. The Morgan fingerprint density at radius 3 is 2.79 bits per heavy atom. The first-order chi connectivity index (χ1) is 9.28. The lowest BCUT2D eigenvalue weighted by atomic mass is 10.1. The summed E-state index contributed by atoms with van der Waals surface area (Å²) in [6.45, 7) is 0.771. The van der Waals surface area contributed by atoms with Crippen LogP contribution in [0.4, 0.5) is 0 Å². The standard InChI is InChI=1S/C13H16N4O2/c14-9-13-16-11(17-19-13)8-12(18)15-7-6-10-4-2-1-3-5-10/h1-5H,6-9,14H2,(H,15,18). The zero-order valence-corrected chi connectivity index (χ0v) is 10.5. The normalized spacial score (nSPS) is 10.4. The van der Waals surface area contributed by atoms with Gasteiger partial charge in [-0.3, -0.25) is 4.79 Å². The number of nitrogens with two attached hydrogens (primary N) is 1. The molecule has 1 aromatic carbocycles. The molecule has 0 fully saturated rings. The zero-order valence-electron chi connectivity index (χ0n) is 10.5. The average Bonchev–Trinajstić information content (AvgIpc) is 2.87. The fourth-order valence-electron chi connectivity index (χ4n) is 1.64. The number of benzene rings is 1. The molecule has 2 aromatic rings. The molecule has 0 aliphatic heterocycles. The van der Waals surface area contributed by atoms with Crippen molar-refractivity contribution < 1.29 is 9.32 Å². The van der Waals surface area contributed by atoms with Gasteiger partial charge in [0, 0.05) is 6.54 Å². The maximum Gasteiger partial charge on any atom is 0.240 e. The summed E-state index contributed by atoms with van der Waals surface area (Å²) in [5.41, 5.74) is 6.53. The van der Waals surface area contributed by atoms with Crippen LogP contribution >= 0.6 is 0 Å². The number of amides is 1. The van der Waals surface area contributed by atoms with Gasteiger partial charge in [-0.05, 0) is 12.0 Å².